The Balaban J connectivity index is 2.12. The molecule has 1 N–H and O–H groups in total. The summed E-state index contributed by atoms with van der Waals surface area (Å²) in [5.74, 6) is 0.781. The first-order chi connectivity index (χ1) is 8.53. The summed E-state index contributed by atoms with van der Waals surface area (Å²) in [7, 11) is 0. The van der Waals surface area contributed by atoms with Crippen LogP contribution in [0.3, 0.4) is 0 Å². The summed E-state index contributed by atoms with van der Waals surface area (Å²) in [5.41, 5.74) is 1.67. The zero-order valence-electron chi connectivity index (χ0n) is 12.2. The van der Waals surface area contributed by atoms with Gasteiger partial charge in [-0.05, 0) is 38.6 Å². The number of aromatic nitrogens is 2. The van der Waals surface area contributed by atoms with E-state index < -0.39 is 0 Å². The summed E-state index contributed by atoms with van der Waals surface area (Å²) >= 11 is 0. The van der Waals surface area contributed by atoms with Gasteiger partial charge in [0.05, 0.1) is 6.33 Å². The Bertz CT molecular complexity index is 375. The summed E-state index contributed by atoms with van der Waals surface area (Å²) in [6, 6.07) is 0.558. The summed E-state index contributed by atoms with van der Waals surface area (Å²) in [5, 5.41) is 3.48. The SMILES string of the molecule is CC(C)CCC(C)n1cncc1C1(C)CCNC1. The molecule has 1 aliphatic heterocycles. The third-order valence-electron chi connectivity index (χ3n) is 4.29. The molecule has 2 unspecified atom stereocenters. The van der Waals surface area contributed by atoms with Crippen molar-refractivity contribution in [1.82, 2.24) is 14.9 Å². The first kappa shape index (κ1) is 13.6. The van der Waals surface area contributed by atoms with E-state index in [0.29, 0.717) is 6.04 Å². The van der Waals surface area contributed by atoms with Crippen molar-refractivity contribution in [3.05, 3.63) is 18.2 Å². The third kappa shape index (κ3) is 2.77. The highest BCUT2D eigenvalue weighted by Gasteiger charge is 2.33. The van der Waals surface area contributed by atoms with Crippen LogP contribution in [-0.4, -0.2) is 22.6 Å². The maximum atomic E-state index is 4.40. The first-order valence-electron chi connectivity index (χ1n) is 7.26. The highest BCUT2D eigenvalue weighted by molar-refractivity contribution is 5.18. The smallest absolute Gasteiger partial charge is 0.0950 e. The molecule has 0 aliphatic carbocycles. The molecular formula is C15H27N3. The van der Waals surface area contributed by atoms with E-state index in [1.165, 1.54) is 25.0 Å². The third-order valence-corrected chi connectivity index (χ3v) is 4.29. The van der Waals surface area contributed by atoms with Crippen LogP contribution in [0.15, 0.2) is 12.5 Å². The Labute approximate surface area is 111 Å². The van der Waals surface area contributed by atoms with Crippen molar-refractivity contribution in [1.29, 1.82) is 0 Å². The van der Waals surface area contributed by atoms with E-state index in [4.69, 9.17) is 0 Å². The minimum atomic E-state index is 0.266. The fourth-order valence-corrected chi connectivity index (χ4v) is 2.87. The zero-order valence-corrected chi connectivity index (χ0v) is 12.2. The Kier molecular flexibility index (Phi) is 4.10. The molecule has 18 heavy (non-hydrogen) atoms. The van der Waals surface area contributed by atoms with Crippen molar-refractivity contribution in [2.24, 2.45) is 5.92 Å². The Morgan fingerprint density at radius 3 is 2.78 bits per heavy atom. The first-order valence-corrected chi connectivity index (χ1v) is 7.26. The lowest BCUT2D eigenvalue weighted by atomic mass is 9.86. The van der Waals surface area contributed by atoms with Crippen LogP contribution >= 0.6 is 0 Å². The van der Waals surface area contributed by atoms with Gasteiger partial charge in [-0.3, -0.25) is 0 Å². The second-order valence-electron chi connectivity index (χ2n) is 6.49. The number of imidazole rings is 1. The summed E-state index contributed by atoms with van der Waals surface area (Å²) in [6.45, 7) is 11.5. The number of hydrogen-bond acceptors (Lipinski definition) is 2. The van der Waals surface area contributed by atoms with Crippen LogP contribution in [0.25, 0.3) is 0 Å². The van der Waals surface area contributed by atoms with E-state index in [1.807, 2.05) is 6.33 Å². The van der Waals surface area contributed by atoms with E-state index in [2.05, 4.69) is 48.8 Å². The maximum absolute atomic E-state index is 4.40. The van der Waals surface area contributed by atoms with Crippen LogP contribution in [-0.2, 0) is 5.41 Å². The van der Waals surface area contributed by atoms with Gasteiger partial charge >= 0.3 is 0 Å². The molecule has 3 heteroatoms. The molecule has 2 atom stereocenters. The summed E-state index contributed by atoms with van der Waals surface area (Å²) < 4.78 is 2.40. The molecular weight excluding hydrogens is 222 g/mol. The molecule has 1 aliphatic rings. The molecule has 0 bridgehead atoms. The van der Waals surface area contributed by atoms with Gasteiger partial charge in [-0.1, -0.05) is 20.8 Å². The molecule has 2 rings (SSSR count). The average Bonchev–Trinajstić information content (AvgIpc) is 2.94. The van der Waals surface area contributed by atoms with Gasteiger partial charge in [0.1, 0.15) is 0 Å². The molecule has 3 nitrogen and oxygen atoms in total. The number of rotatable bonds is 5. The van der Waals surface area contributed by atoms with Crippen LogP contribution in [0.2, 0.25) is 0 Å². The fraction of sp³-hybridized carbons (Fsp3) is 0.800. The lowest BCUT2D eigenvalue weighted by molar-refractivity contribution is 0.396. The minimum Gasteiger partial charge on any atom is -0.331 e. The van der Waals surface area contributed by atoms with Crippen LogP contribution < -0.4 is 5.32 Å². The predicted molar refractivity (Wildman–Crippen MR) is 75.8 cm³/mol. The molecule has 0 amide bonds. The molecule has 1 aromatic heterocycles. The molecule has 1 saturated heterocycles. The van der Waals surface area contributed by atoms with Crippen LogP contribution in [0.4, 0.5) is 0 Å². The average molecular weight is 249 g/mol. The van der Waals surface area contributed by atoms with Crippen molar-refractivity contribution in [3.63, 3.8) is 0 Å². The number of nitrogens with one attached hydrogen (secondary N) is 1. The second kappa shape index (κ2) is 5.43. The normalized spacial score (nSPS) is 25.8. The number of hydrogen-bond donors (Lipinski definition) is 1. The molecule has 0 aromatic carbocycles. The lowest BCUT2D eigenvalue weighted by Crippen LogP contribution is -2.28. The molecule has 0 radical (unpaired) electrons. The molecule has 1 fully saturated rings. The van der Waals surface area contributed by atoms with Gasteiger partial charge in [-0.2, -0.15) is 0 Å². The van der Waals surface area contributed by atoms with E-state index in [1.54, 1.807) is 0 Å². The lowest BCUT2D eigenvalue weighted by Gasteiger charge is -2.27. The van der Waals surface area contributed by atoms with Gasteiger partial charge in [0, 0.05) is 29.9 Å². The maximum Gasteiger partial charge on any atom is 0.0950 e. The number of nitrogens with zero attached hydrogens (tertiary/aromatic N) is 2. The highest BCUT2D eigenvalue weighted by Crippen LogP contribution is 2.32. The van der Waals surface area contributed by atoms with Crippen molar-refractivity contribution in [3.8, 4) is 0 Å². The quantitative estimate of drug-likeness (QED) is 0.869. The molecule has 102 valence electrons. The zero-order chi connectivity index (χ0) is 13.2. The molecule has 1 aromatic rings. The van der Waals surface area contributed by atoms with Crippen LogP contribution in [0.1, 0.15) is 58.7 Å². The molecule has 2 heterocycles. The van der Waals surface area contributed by atoms with Gasteiger partial charge in [-0.25, -0.2) is 4.98 Å². The van der Waals surface area contributed by atoms with Crippen molar-refractivity contribution in [2.45, 2.75) is 58.4 Å². The van der Waals surface area contributed by atoms with Crippen LogP contribution in [0.5, 0.6) is 0 Å². The Morgan fingerprint density at radius 2 is 2.17 bits per heavy atom. The minimum absolute atomic E-state index is 0.266. The Hall–Kier alpha value is -0.830. The molecule has 0 spiro atoms. The van der Waals surface area contributed by atoms with Crippen molar-refractivity contribution >= 4 is 0 Å². The monoisotopic (exact) mass is 249 g/mol. The fourth-order valence-electron chi connectivity index (χ4n) is 2.87. The predicted octanol–water partition coefficient (Wildman–Crippen LogP) is 3.13. The van der Waals surface area contributed by atoms with Gasteiger partial charge in [0.25, 0.3) is 0 Å². The topological polar surface area (TPSA) is 29.9 Å². The van der Waals surface area contributed by atoms with E-state index >= 15 is 0 Å². The van der Waals surface area contributed by atoms with E-state index in [9.17, 15) is 0 Å². The van der Waals surface area contributed by atoms with E-state index in [0.717, 1.165) is 19.0 Å². The standard InChI is InChI=1S/C15H27N3/c1-12(2)5-6-13(3)18-11-17-9-14(18)15(4)7-8-16-10-15/h9,11-13,16H,5-8,10H2,1-4H3. The van der Waals surface area contributed by atoms with Gasteiger partial charge < -0.3 is 9.88 Å². The summed E-state index contributed by atoms with van der Waals surface area (Å²) in [6.07, 6.45) is 7.83. The Morgan fingerprint density at radius 1 is 1.39 bits per heavy atom. The van der Waals surface area contributed by atoms with Crippen molar-refractivity contribution in [2.75, 3.05) is 13.1 Å². The highest BCUT2D eigenvalue weighted by atomic mass is 15.1. The largest absolute Gasteiger partial charge is 0.331 e. The van der Waals surface area contributed by atoms with E-state index in [-0.39, 0.29) is 5.41 Å². The second-order valence-corrected chi connectivity index (χ2v) is 6.49. The van der Waals surface area contributed by atoms with Crippen LogP contribution in [0, 0.1) is 5.92 Å². The summed E-state index contributed by atoms with van der Waals surface area (Å²) in [4.78, 5) is 4.40. The van der Waals surface area contributed by atoms with Gasteiger partial charge in [0.2, 0.25) is 0 Å². The van der Waals surface area contributed by atoms with Crippen molar-refractivity contribution < 1.29 is 0 Å². The van der Waals surface area contributed by atoms with Gasteiger partial charge in [0.15, 0.2) is 0 Å². The van der Waals surface area contributed by atoms with Gasteiger partial charge in [-0.15, -0.1) is 0 Å². The molecule has 0 saturated carbocycles.